The maximum atomic E-state index is 12.5. The Balaban J connectivity index is 2.14. The highest BCUT2D eigenvalue weighted by molar-refractivity contribution is 6.27. The molecule has 0 unspecified atom stereocenters. The molecule has 0 radical (unpaired) electrons. The molecule has 0 aliphatic carbocycles. The number of nitriles is 1. The molecular formula is C15H11N3O2. The summed E-state index contributed by atoms with van der Waals surface area (Å²) >= 11 is 0. The molecule has 5 heteroatoms. The van der Waals surface area contributed by atoms with Crippen LogP contribution in [0.1, 0.15) is 23.2 Å². The summed E-state index contributed by atoms with van der Waals surface area (Å²) in [6, 6.07) is 11.1. The number of nitroso groups, excluding NO2 is 1. The number of unbranched alkanes of at least 4 members (excludes halogenated alkanes) is 1. The van der Waals surface area contributed by atoms with Gasteiger partial charge in [-0.25, -0.2) is 0 Å². The van der Waals surface area contributed by atoms with Crippen LogP contribution in [0.25, 0.3) is 10.8 Å². The molecule has 20 heavy (non-hydrogen) atoms. The molecule has 0 fully saturated rings. The highest BCUT2D eigenvalue weighted by atomic mass is 16.3. The number of carbonyl (C=O) groups is 1. The molecule has 1 aliphatic rings. The van der Waals surface area contributed by atoms with Crippen molar-refractivity contribution in [3.63, 3.8) is 0 Å². The molecule has 98 valence electrons. The molecule has 3 rings (SSSR count). The summed E-state index contributed by atoms with van der Waals surface area (Å²) < 4.78 is 0. The first-order valence-corrected chi connectivity index (χ1v) is 6.36. The minimum absolute atomic E-state index is 0.178. The van der Waals surface area contributed by atoms with E-state index in [1.807, 2.05) is 18.2 Å². The van der Waals surface area contributed by atoms with Gasteiger partial charge in [-0.15, -0.1) is 4.91 Å². The van der Waals surface area contributed by atoms with E-state index in [9.17, 15) is 9.70 Å². The van der Waals surface area contributed by atoms with Crippen LogP contribution in [-0.4, -0.2) is 12.5 Å². The summed E-state index contributed by atoms with van der Waals surface area (Å²) in [7, 11) is 0. The maximum Gasteiger partial charge on any atom is 0.261 e. The van der Waals surface area contributed by atoms with Crippen LogP contribution in [0.15, 0.2) is 35.5 Å². The van der Waals surface area contributed by atoms with Crippen LogP contribution < -0.4 is 4.90 Å². The number of hydrogen-bond acceptors (Lipinski definition) is 4. The molecule has 1 amide bonds. The third-order valence-corrected chi connectivity index (χ3v) is 3.52. The summed E-state index contributed by atoms with van der Waals surface area (Å²) in [5.41, 5.74) is 1.36. The van der Waals surface area contributed by atoms with E-state index in [-0.39, 0.29) is 11.6 Å². The Morgan fingerprint density at radius 2 is 2.10 bits per heavy atom. The standard InChI is InChI=1S/C15H11N3O2/c16-8-1-2-9-18-12-5-3-4-10-6-7-11(17-20)14(13(10)12)15(18)19/h3-7H,1-2,9H2. The summed E-state index contributed by atoms with van der Waals surface area (Å²) in [4.78, 5) is 25.0. The van der Waals surface area contributed by atoms with E-state index in [1.165, 1.54) is 0 Å². The summed E-state index contributed by atoms with van der Waals surface area (Å²) in [6.45, 7) is 0.471. The predicted octanol–water partition coefficient (Wildman–Crippen LogP) is 3.50. The van der Waals surface area contributed by atoms with Crippen molar-refractivity contribution in [1.29, 1.82) is 5.26 Å². The predicted molar refractivity (Wildman–Crippen MR) is 75.9 cm³/mol. The van der Waals surface area contributed by atoms with Gasteiger partial charge in [-0.2, -0.15) is 5.26 Å². The van der Waals surface area contributed by atoms with E-state index in [0.717, 1.165) is 16.5 Å². The van der Waals surface area contributed by atoms with Gasteiger partial charge in [0.2, 0.25) is 0 Å². The highest BCUT2D eigenvalue weighted by Gasteiger charge is 2.32. The molecule has 1 aliphatic heterocycles. The average Bonchev–Trinajstić information content (AvgIpc) is 2.76. The van der Waals surface area contributed by atoms with Crippen molar-refractivity contribution >= 4 is 28.1 Å². The number of amides is 1. The molecular weight excluding hydrogens is 254 g/mol. The van der Waals surface area contributed by atoms with Crippen molar-refractivity contribution in [3.8, 4) is 6.07 Å². The van der Waals surface area contributed by atoms with E-state index < -0.39 is 0 Å². The van der Waals surface area contributed by atoms with Crippen molar-refractivity contribution in [2.75, 3.05) is 11.4 Å². The first-order valence-electron chi connectivity index (χ1n) is 6.36. The monoisotopic (exact) mass is 265 g/mol. The SMILES string of the molecule is N#CCCCN1C(=O)c2c(N=O)ccc3cccc1c23. The Morgan fingerprint density at radius 1 is 1.25 bits per heavy atom. The largest absolute Gasteiger partial charge is 0.308 e. The smallest absolute Gasteiger partial charge is 0.261 e. The lowest BCUT2D eigenvalue weighted by Gasteiger charge is -2.16. The lowest BCUT2D eigenvalue weighted by Crippen LogP contribution is -2.27. The molecule has 0 aromatic heterocycles. The fourth-order valence-corrected chi connectivity index (χ4v) is 2.65. The Morgan fingerprint density at radius 3 is 2.85 bits per heavy atom. The Bertz CT molecular complexity index is 762. The molecule has 0 N–H and O–H groups in total. The van der Waals surface area contributed by atoms with Crippen LogP contribution in [0.3, 0.4) is 0 Å². The molecule has 0 saturated heterocycles. The van der Waals surface area contributed by atoms with Crippen molar-refractivity contribution in [2.24, 2.45) is 5.18 Å². The number of carbonyl (C=O) groups excluding carboxylic acids is 1. The summed E-state index contributed by atoms with van der Waals surface area (Å²) in [6.07, 6.45) is 1.01. The number of hydrogen-bond donors (Lipinski definition) is 0. The number of benzene rings is 2. The second kappa shape index (κ2) is 4.74. The third-order valence-electron chi connectivity index (χ3n) is 3.52. The van der Waals surface area contributed by atoms with E-state index in [2.05, 4.69) is 11.2 Å². The molecule has 2 aromatic carbocycles. The van der Waals surface area contributed by atoms with Crippen LogP contribution in [0.2, 0.25) is 0 Å². The lowest BCUT2D eigenvalue weighted by molar-refractivity contribution is 0.0993. The minimum atomic E-state index is -0.204. The molecule has 5 nitrogen and oxygen atoms in total. The minimum Gasteiger partial charge on any atom is -0.308 e. The number of rotatable bonds is 4. The lowest BCUT2D eigenvalue weighted by atomic mass is 10.0. The molecule has 0 bridgehead atoms. The van der Waals surface area contributed by atoms with Gasteiger partial charge >= 0.3 is 0 Å². The van der Waals surface area contributed by atoms with Crippen LogP contribution in [-0.2, 0) is 0 Å². The fraction of sp³-hybridized carbons (Fsp3) is 0.200. The Hall–Kier alpha value is -2.74. The maximum absolute atomic E-state index is 12.5. The fourth-order valence-electron chi connectivity index (χ4n) is 2.65. The zero-order chi connectivity index (χ0) is 14.1. The number of nitrogens with zero attached hydrogens (tertiary/aromatic N) is 3. The first kappa shape index (κ1) is 12.3. The van der Waals surface area contributed by atoms with E-state index >= 15 is 0 Å². The van der Waals surface area contributed by atoms with E-state index in [0.29, 0.717) is 24.9 Å². The molecule has 0 spiro atoms. The van der Waals surface area contributed by atoms with Crippen LogP contribution >= 0.6 is 0 Å². The van der Waals surface area contributed by atoms with Gasteiger partial charge in [0.25, 0.3) is 5.91 Å². The zero-order valence-electron chi connectivity index (χ0n) is 10.7. The number of anilines is 1. The molecule has 2 aromatic rings. The van der Waals surface area contributed by atoms with Crippen molar-refractivity contribution < 1.29 is 4.79 Å². The van der Waals surface area contributed by atoms with Gasteiger partial charge in [0, 0.05) is 18.4 Å². The second-order valence-electron chi connectivity index (χ2n) is 4.64. The van der Waals surface area contributed by atoms with Gasteiger partial charge in [0.15, 0.2) is 0 Å². The highest BCUT2D eigenvalue weighted by Crippen LogP contribution is 2.41. The normalized spacial score (nSPS) is 12.8. The van der Waals surface area contributed by atoms with Crippen LogP contribution in [0, 0.1) is 16.2 Å². The van der Waals surface area contributed by atoms with Gasteiger partial charge < -0.3 is 4.90 Å². The van der Waals surface area contributed by atoms with Gasteiger partial charge in [-0.3, -0.25) is 4.79 Å². The summed E-state index contributed by atoms with van der Waals surface area (Å²) in [5, 5.41) is 13.3. The van der Waals surface area contributed by atoms with E-state index in [1.54, 1.807) is 17.0 Å². The van der Waals surface area contributed by atoms with Crippen LogP contribution in [0.4, 0.5) is 11.4 Å². The second-order valence-corrected chi connectivity index (χ2v) is 4.64. The van der Waals surface area contributed by atoms with Crippen molar-refractivity contribution in [1.82, 2.24) is 0 Å². The molecule has 0 atom stereocenters. The third kappa shape index (κ3) is 1.66. The first-order chi connectivity index (χ1) is 9.77. The van der Waals surface area contributed by atoms with Gasteiger partial charge in [-0.1, -0.05) is 18.2 Å². The van der Waals surface area contributed by atoms with Gasteiger partial charge in [-0.05, 0) is 29.1 Å². The van der Waals surface area contributed by atoms with Crippen LogP contribution in [0.5, 0.6) is 0 Å². The van der Waals surface area contributed by atoms with Crippen molar-refractivity contribution in [2.45, 2.75) is 12.8 Å². The topological polar surface area (TPSA) is 73.5 Å². The van der Waals surface area contributed by atoms with Crippen molar-refractivity contribution in [3.05, 3.63) is 40.8 Å². The van der Waals surface area contributed by atoms with Gasteiger partial charge in [0.1, 0.15) is 5.69 Å². The van der Waals surface area contributed by atoms with E-state index in [4.69, 9.17) is 5.26 Å². The Labute approximate surface area is 115 Å². The zero-order valence-corrected chi connectivity index (χ0v) is 10.7. The Kier molecular flexibility index (Phi) is 2.92. The molecule has 1 heterocycles. The van der Waals surface area contributed by atoms with Gasteiger partial charge in [0.05, 0.1) is 17.3 Å². The quantitative estimate of drug-likeness (QED) is 0.627. The summed E-state index contributed by atoms with van der Waals surface area (Å²) in [5.74, 6) is -0.204. The average molecular weight is 265 g/mol. The molecule has 0 saturated carbocycles.